The van der Waals surface area contributed by atoms with Crippen LogP contribution in [0.1, 0.15) is 21.5 Å². The van der Waals surface area contributed by atoms with Gasteiger partial charge < -0.3 is 14.6 Å². The van der Waals surface area contributed by atoms with Gasteiger partial charge in [-0.2, -0.15) is 0 Å². The van der Waals surface area contributed by atoms with Crippen LogP contribution in [0.25, 0.3) is 6.08 Å². The number of aromatic carboxylic acids is 1. The first-order valence-corrected chi connectivity index (χ1v) is 7.22. The standard InChI is InChI=1S/C18H14F2O4/c19-18(20,10-13-3-1-2-4-14(13)17(21)22)8-7-12-5-6-15-16(9-12)24-11-23-15/h1-9H,10-11H2,(H,21,22). The second-order valence-corrected chi connectivity index (χ2v) is 5.35. The lowest BCUT2D eigenvalue weighted by atomic mass is 10.0. The summed E-state index contributed by atoms with van der Waals surface area (Å²) in [5.41, 5.74) is 0.518. The summed E-state index contributed by atoms with van der Waals surface area (Å²) in [6.07, 6.45) is 1.37. The number of carboxylic acid groups (broad SMARTS) is 1. The van der Waals surface area contributed by atoms with Crippen LogP contribution in [0.5, 0.6) is 11.5 Å². The van der Waals surface area contributed by atoms with E-state index in [9.17, 15) is 13.6 Å². The fourth-order valence-corrected chi connectivity index (χ4v) is 2.43. The van der Waals surface area contributed by atoms with Gasteiger partial charge in [0.15, 0.2) is 11.5 Å². The zero-order valence-electron chi connectivity index (χ0n) is 12.5. The van der Waals surface area contributed by atoms with Gasteiger partial charge in [-0.3, -0.25) is 0 Å². The van der Waals surface area contributed by atoms with Gasteiger partial charge in [-0.25, -0.2) is 13.6 Å². The zero-order valence-corrected chi connectivity index (χ0v) is 12.5. The van der Waals surface area contributed by atoms with Gasteiger partial charge in [-0.05, 0) is 35.4 Å². The van der Waals surface area contributed by atoms with E-state index in [2.05, 4.69) is 0 Å². The first-order chi connectivity index (χ1) is 11.4. The van der Waals surface area contributed by atoms with Gasteiger partial charge in [0, 0.05) is 6.42 Å². The molecule has 3 rings (SSSR count). The van der Waals surface area contributed by atoms with E-state index in [1.165, 1.54) is 24.3 Å². The Balaban J connectivity index is 1.77. The molecule has 0 atom stereocenters. The Hall–Kier alpha value is -2.89. The quantitative estimate of drug-likeness (QED) is 0.899. The number of halogens is 2. The molecule has 2 aromatic carbocycles. The van der Waals surface area contributed by atoms with E-state index in [0.29, 0.717) is 17.1 Å². The summed E-state index contributed by atoms with van der Waals surface area (Å²) in [5, 5.41) is 9.07. The monoisotopic (exact) mass is 332 g/mol. The molecule has 0 fully saturated rings. The summed E-state index contributed by atoms with van der Waals surface area (Å²) in [6, 6.07) is 10.7. The molecule has 1 aliphatic heterocycles. The molecule has 0 saturated carbocycles. The number of fused-ring (bicyclic) bond motifs is 1. The number of hydrogen-bond donors (Lipinski definition) is 1. The number of rotatable bonds is 5. The SMILES string of the molecule is O=C(O)c1ccccc1CC(F)(F)C=Cc1ccc2c(c1)OCO2. The Bertz CT molecular complexity index is 799. The lowest BCUT2D eigenvalue weighted by Crippen LogP contribution is -2.18. The van der Waals surface area contributed by atoms with Gasteiger partial charge in [0.25, 0.3) is 5.92 Å². The van der Waals surface area contributed by atoms with Gasteiger partial charge in [-0.1, -0.05) is 30.3 Å². The predicted molar refractivity (Wildman–Crippen MR) is 83.7 cm³/mol. The molecule has 0 amide bonds. The molecule has 124 valence electrons. The molecular weight excluding hydrogens is 318 g/mol. The van der Waals surface area contributed by atoms with Gasteiger partial charge in [0.1, 0.15) is 0 Å². The van der Waals surface area contributed by atoms with Gasteiger partial charge in [-0.15, -0.1) is 0 Å². The molecule has 0 radical (unpaired) electrons. The minimum Gasteiger partial charge on any atom is -0.478 e. The average Bonchev–Trinajstić information content (AvgIpc) is 3.00. The third-order valence-corrected chi connectivity index (χ3v) is 3.59. The van der Waals surface area contributed by atoms with Crippen molar-refractivity contribution >= 4 is 12.0 Å². The minimum absolute atomic E-state index is 0.0883. The van der Waals surface area contributed by atoms with Crippen molar-refractivity contribution in [3.8, 4) is 11.5 Å². The normalized spacial score (nSPS) is 13.4. The zero-order chi connectivity index (χ0) is 17.2. The first kappa shape index (κ1) is 16.0. The van der Waals surface area contributed by atoms with Crippen molar-refractivity contribution in [3.05, 3.63) is 65.2 Å². The molecule has 24 heavy (non-hydrogen) atoms. The van der Waals surface area contributed by atoms with E-state index < -0.39 is 18.3 Å². The van der Waals surface area contributed by atoms with Gasteiger partial charge in [0.05, 0.1) is 5.56 Å². The third-order valence-electron chi connectivity index (χ3n) is 3.59. The van der Waals surface area contributed by atoms with Crippen LogP contribution in [0.2, 0.25) is 0 Å². The average molecular weight is 332 g/mol. The molecule has 2 aromatic rings. The van der Waals surface area contributed by atoms with Crippen molar-refractivity contribution in [2.24, 2.45) is 0 Å². The summed E-state index contributed by atoms with van der Waals surface area (Å²) in [6.45, 7) is 0.116. The largest absolute Gasteiger partial charge is 0.478 e. The number of carbonyl (C=O) groups is 1. The fourth-order valence-electron chi connectivity index (χ4n) is 2.43. The van der Waals surface area contributed by atoms with Crippen molar-refractivity contribution in [1.29, 1.82) is 0 Å². The van der Waals surface area contributed by atoms with Crippen LogP contribution in [-0.2, 0) is 6.42 Å². The highest BCUT2D eigenvalue weighted by atomic mass is 19.3. The number of carboxylic acids is 1. The maximum Gasteiger partial charge on any atom is 0.335 e. The van der Waals surface area contributed by atoms with Crippen molar-refractivity contribution in [3.63, 3.8) is 0 Å². The summed E-state index contributed by atoms with van der Waals surface area (Å²) >= 11 is 0. The van der Waals surface area contributed by atoms with Crippen molar-refractivity contribution in [2.75, 3.05) is 6.79 Å². The Morgan fingerprint density at radius 2 is 1.92 bits per heavy atom. The maximum absolute atomic E-state index is 14.2. The number of alkyl halides is 2. The van der Waals surface area contributed by atoms with Crippen LogP contribution >= 0.6 is 0 Å². The van der Waals surface area contributed by atoms with Gasteiger partial charge in [0.2, 0.25) is 6.79 Å². The Morgan fingerprint density at radius 3 is 2.71 bits per heavy atom. The number of benzene rings is 2. The van der Waals surface area contributed by atoms with Crippen LogP contribution in [0.3, 0.4) is 0 Å². The van der Waals surface area contributed by atoms with Crippen LogP contribution in [0.15, 0.2) is 48.5 Å². The molecule has 1 aliphatic rings. The molecular formula is C18H14F2O4. The number of hydrogen-bond acceptors (Lipinski definition) is 3. The maximum atomic E-state index is 14.2. The van der Waals surface area contributed by atoms with E-state index in [0.717, 1.165) is 6.08 Å². The Morgan fingerprint density at radius 1 is 1.17 bits per heavy atom. The van der Waals surface area contributed by atoms with Crippen molar-refractivity contribution in [2.45, 2.75) is 12.3 Å². The molecule has 0 aliphatic carbocycles. The topological polar surface area (TPSA) is 55.8 Å². The molecule has 0 spiro atoms. The highest BCUT2D eigenvalue weighted by molar-refractivity contribution is 5.89. The van der Waals surface area contributed by atoms with Crippen molar-refractivity contribution < 1.29 is 28.2 Å². The first-order valence-electron chi connectivity index (χ1n) is 7.22. The van der Waals surface area contributed by atoms with Crippen LogP contribution in [0.4, 0.5) is 8.78 Å². The van der Waals surface area contributed by atoms with E-state index in [4.69, 9.17) is 14.6 Å². The van der Waals surface area contributed by atoms with E-state index in [-0.39, 0.29) is 17.9 Å². The van der Waals surface area contributed by atoms with Crippen LogP contribution < -0.4 is 9.47 Å². The number of allylic oxidation sites excluding steroid dienone is 1. The lowest BCUT2D eigenvalue weighted by Gasteiger charge is -2.13. The molecule has 1 heterocycles. The molecule has 4 nitrogen and oxygen atoms in total. The van der Waals surface area contributed by atoms with Crippen LogP contribution in [0, 0.1) is 0 Å². The smallest absolute Gasteiger partial charge is 0.335 e. The Labute approximate surface area is 136 Å². The van der Waals surface area contributed by atoms with Crippen molar-refractivity contribution in [1.82, 2.24) is 0 Å². The minimum atomic E-state index is -3.18. The highest BCUT2D eigenvalue weighted by Gasteiger charge is 2.27. The summed E-state index contributed by atoms with van der Waals surface area (Å²) < 4.78 is 38.7. The molecule has 0 aromatic heterocycles. The van der Waals surface area contributed by atoms with E-state index in [1.807, 2.05) is 0 Å². The molecule has 0 saturated heterocycles. The number of ether oxygens (including phenoxy) is 2. The summed E-state index contributed by atoms with van der Waals surface area (Å²) in [4.78, 5) is 11.1. The Kier molecular flexibility index (Phi) is 4.20. The molecule has 6 heteroatoms. The third kappa shape index (κ3) is 3.53. The summed E-state index contributed by atoms with van der Waals surface area (Å²) in [7, 11) is 0. The highest BCUT2D eigenvalue weighted by Crippen LogP contribution is 2.33. The predicted octanol–water partition coefficient (Wildman–Crippen LogP) is 4.00. The second-order valence-electron chi connectivity index (χ2n) is 5.35. The van der Waals surface area contributed by atoms with E-state index >= 15 is 0 Å². The molecule has 0 unspecified atom stereocenters. The van der Waals surface area contributed by atoms with Gasteiger partial charge >= 0.3 is 5.97 Å². The lowest BCUT2D eigenvalue weighted by molar-refractivity contribution is 0.0557. The van der Waals surface area contributed by atoms with Crippen LogP contribution in [-0.4, -0.2) is 23.8 Å². The second kappa shape index (κ2) is 6.31. The summed E-state index contributed by atoms with van der Waals surface area (Å²) in [5.74, 6) is -3.31. The van der Waals surface area contributed by atoms with E-state index in [1.54, 1.807) is 24.3 Å². The fraction of sp³-hybridized carbons (Fsp3) is 0.167. The molecule has 1 N–H and O–H groups in total. The molecule has 0 bridgehead atoms.